The van der Waals surface area contributed by atoms with E-state index in [-0.39, 0.29) is 23.7 Å². The maximum atomic E-state index is 14.5. The largest absolute Gasteiger partial charge is 0.492 e. The van der Waals surface area contributed by atoms with Gasteiger partial charge in [0.2, 0.25) is 0 Å². The number of morpholine rings is 1. The van der Waals surface area contributed by atoms with Gasteiger partial charge in [-0.1, -0.05) is 6.07 Å². The van der Waals surface area contributed by atoms with Gasteiger partial charge in [0.1, 0.15) is 24.7 Å². The zero-order valence-electron chi connectivity index (χ0n) is 21.0. The molecular formula is C27H30FN5O5. The smallest absolute Gasteiger partial charge is 0.255 e. The monoisotopic (exact) mass is 523 g/mol. The van der Waals surface area contributed by atoms with Crippen LogP contribution in [0.15, 0.2) is 36.7 Å². The molecule has 1 aromatic carbocycles. The summed E-state index contributed by atoms with van der Waals surface area (Å²) in [5.41, 5.74) is 3.15. The Kier molecular flexibility index (Phi) is 7.85. The van der Waals surface area contributed by atoms with Crippen molar-refractivity contribution in [2.75, 3.05) is 45.3 Å². The second-order valence-corrected chi connectivity index (χ2v) is 9.14. The van der Waals surface area contributed by atoms with Crippen LogP contribution < -0.4 is 25.4 Å². The van der Waals surface area contributed by atoms with E-state index in [0.717, 1.165) is 12.8 Å². The lowest BCUT2D eigenvalue weighted by molar-refractivity contribution is -0.108. The Labute approximate surface area is 219 Å². The highest BCUT2D eigenvalue weighted by Crippen LogP contribution is 2.44. The average molecular weight is 524 g/mol. The van der Waals surface area contributed by atoms with Gasteiger partial charge in [-0.05, 0) is 24.6 Å². The molecule has 2 aliphatic heterocycles. The molecule has 1 saturated heterocycles. The van der Waals surface area contributed by atoms with Gasteiger partial charge in [-0.25, -0.2) is 4.39 Å². The van der Waals surface area contributed by atoms with Crippen LogP contribution in [0.3, 0.4) is 0 Å². The fourth-order valence-corrected chi connectivity index (χ4v) is 4.87. The number of carbonyl (C=O) groups is 2. The minimum Gasteiger partial charge on any atom is -0.492 e. The summed E-state index contributed by atoms with van der Waals surface area (Å²) in [6.45, 7) is 2.80. The number of anilines is 2. The molecular weight excluding hydrogens is 493 g/mol. The van der Waals surface area contributed by atoms with Crippen LogP contribution in [-0.4, -0.2) is 68.2 Å². The number of hydrogen-bond acceptors (Lipinski definition) is 8. The molecule has 0 aliphatic carbocycles. The number of nitrogens with one attached hydrogen (secondary N) is 4. The molecule has 200 valence electrons. The lowest BCUT2D eigenvalue weighted by Crippen LogP contribution is -2.41. The first-order valence-electron chi connectivity index (χ1n) is 12.6. The minimum absolute atomic E-state index is 0.0234. The number of rotatable bonds is 10. The van der Waals surface area contributed by atoms with E-state index in [2.05, 4.69) is 25.9 Å². The summed E-state index contributed by atoms with van der Waals surface area (Å²) in [7, 11) is 1.39. The third kappa shape index (κ3) is 5.20. The van der Waals surface area contributed by atoms with Crippen molar-refractivity contribution in [3.05, 3.63) is 53.7 Å². The molecule has 1 unspecified atom stereocenters. The molecule has 10 nitrogen and oxygen atoms in total. The van der Waals surface area contributed by atoms with E-state index in [9.17, 15) is 14.0 Å². The van der Waals surface area contributed by atoms with E-state index in [1.165, 1.54) is 13.2 Å². The van der Waals surface area contributed by atoms with E-state index in [4.69, 9.17) is 14.2 Å². The molecule has 1 fully saturated rings. The van der Waals surface area contributed by atoms with Crippen LogP contribution in [0.25, 0.3) is 11.3 Å². The molecule has 0 bridgehead atoms. The second-order valence-electron chi connectivity index (χ2n) is 9.14. The van der Waals surface area contributed by atoms with Gasteiger partial charge in [0.25, 0.3) is 5.91 Å². The van der Waals surface area contributed by atoms with Gasteiger partial charge < -0.3 is 39.9 Å². The van der Waals surface area contributed by atoms with Crippen molar-refractivity contribution in [1.29, 1.82) is 0 Å². The Hall–Kier alpha value is -3.96. The molecule has 1 amide bonds. The number of fused-ring (bicyclic) bond motifs is 1. The van der Waals surface area contributed by atoms with Gasteiger partial charge in [0, 0.05) is 49.4 Å². The van der Waals surface area contributed by atoms with Crippen molar-refractivity contribution in [3.8, 4) is 22.8 Å². The number of aromatic amines is 1. The number of amides is 1. The number of H-pyrrole nitrogens is 1. The maximum absolute atomic E-state index is 14.5. The molecule has 2 aliphatic rings. The number of aromatic nitrogens is 2. The summed E-state index contributed by atoms with van der Waals surface area (Å²) >= 11 is 0. The van der Waals surface area contributed by atoms with Gasteiger partial charge in [0.05, 0.1) is 42.5 Å². The van der Waals surface area contributed by atoms with Crippen LogP contribution in [0.4, 0.5) is 15.8 Å². The van der Waals surface area contributed by atoms with Gasteiger partial charge in [-0.3, -0.25) is 9.78 Å². The van der Waals surface area contributed by atoms with Gasteiger partial charge >= 0.3 is 0 Å². The summed E-state index contributed by atoms with van der Waals surface area (Å²) in [5.74, 6) is -0.397. The standard InChI is InChI=1S/C27H30FN5O5/c1-36-26-19(28)5-2-6-20(26)32-25-22-23(16(4-3-10-34)12-31-27(22)35)33-24(25)18-7-8-29-14-21(18)38-15-17-13-30-9-11-37-17/h2,5-8,10,14,16-17,30,32-33H,3-4,9,11-13,15H2,1H3,(H,31,35)/t16?,17-/m0/s1. The maximum Gasteiger partial charge on any atom is 0.255 e. The number of halogens is 1. The molecule has 0 saturated carbocycles. The third-order valence-electron chi connectivity index (χ3n) is 6.72. The molecule has 2 aromatic heterocycles. The van der Waals surface area contributed by atoms with Crippen molar-refractivity contribution in [1.82, 2.24) is 20.6 Å². The predicted octanol–water partition coefficient (Wildman–Crippen LogP) is 3.14. The lowest BCUT2D eigenvalue weighted by Gasteiger charge is -2.24. The van der Waals surface area contributed by atoms with E-state index in [1.54, 1.807) is 30.6 Å². The lowest BCUT2D eigenvalue weighted by atomic mass is 9.92. The van der Waals surface area contributed by atoms with Crippen molar-refractivity contribution >= 4 is 23.6 Å². The van der Waals surface area contributed by atoms with Crippen LogP contribution in [0.5, 0.6) is 11.5 Å². The first-order valence-corrected chi connectivity index (χ1v) is 12.6. The summed E-state index contributed by atoms with van der Waals surface area (Å²) in [5, 5.41) is 9.45. The summed E-state index contributed by atoms with van der Waals surface area (Å²) < 4.78 is 31.7. The molecule has 38 heavy (non-hydrogen) atoms. The zero-order valence-corrected chi connectivity index (χ0v) is 21.0. The summed E-state index contributed by atoms with van der Waals surface area (Å²) in [6.07, 6.45) is 4.92. The highest BCUT2D eigenvalue weighted by molar-refractivity contribution is 6.07. The molecule has 5 rings (SSSR count). The summed E-state index contributed by atoms with van der Waals surface area (Å²) in [6, 6.07) is 6.33. The highest BCUT2D eigenvalue weighted by atomic mass is 19.1. The van der Waals surface area contributed by atoms with E-state index in [0.29, 0.717) is 78.8 Å². The van der Waals surface area contributed by atoms with Crippen LogP contribution in [0.2, 0.25) is 0 Å². The molecule has 4 N–H and O–H groups in total. The van der Waals surface area contributed by atoms with Gasteiger partial charge in [-0.2, -0.15) is 0 Å². The summed E-state index contributed by atoms with van der Waals surface area (Å²) in [4.78, 5) is 32.0. The van der Waals surface area contributed by atoms with Crippen LogP contribution in [0.1, 0.15) is 34.8 Å². The van der Waals surface area contributed by atoms with Crippen LogP contribution in [-0.2, 0) is 9.53 Å². The van der Waals surface area contributed by atoms with E-state index < -0.39 is 5.82 Å². The van der Waals surface area contributed by atoms with Crippen molar-refractivity contribution in [3.63, 3.8) is 0 Å². The SMILES string of the molecule is COc1c(F)cccc1Nc1c(-c2ccncc2OC[C@@H]2CNCCO2)[nH]c2c1C(=O)NCC2CCC=O. The Bertz CT molecular complexity index is 1310. The second kappa shape index (κ2) is 11.6. The Balaban J connectivity index is 1.59. The van der Waals surface area contributed by atoms with E-state index in [1.807, 2.05) is 0 Å². The number of nitrogens with zero attached hydrogens (tertiary/aromatic N) is 1. The molecule has 11 heteroatoms. The number of ether oxygens (including phenoxy) is 3. The van der Waals surface area contributed by atoms with Crippen LogP contribution in [0, 0.1) is 5.82 Å². The first kappa shape index (κ1) is 25.7. The van der Waals surface area contributed by atoms with Gasteiger partial charge in [-0.15, -0.1) is 0 Å². The zero-order chi connectivity index (χ0) is 26.5. The van der Waals surface area contributed by atoms with Gasteiger partial charge in [0.15, 0.2) is 11.6 Å². The number of para-hydroxylation sites is 1. The molecule has 0 radical (unpaired) electrons. The fraction of sp³-hybridized carbons (Fsp3) is 0.370. The third-order valence-corrected chi connectivity index (χ3v) is 6.72. The predicted molar refractivity (Wildman–Crippen MR) is 139 cm³/mol. The van der Waals surface area contributed by atoms with Crippen molar-refractivity contribution in [2.45, 2.75) is 24.9 Å². The van der Waals surface area contributed by atoms with Crippen LogP contribution >= 0.6 is 0 Å². The molecule has 2 atom stereocenters. The first-order chi connectivity index (χ1) is 18.6. The molecule has 0 spiro atoms. The Morgan fingerprint density at radius 1 is 1.29 bits per heavy atom. The number of benzene rings is 1. The fourth-order valence-electron chi connectivity index (χ4n) is 4.87. The number of pyridine rings is 1. The van der Waals surface area contributed by atoms with Crippen molar-refractivity contribution < 1.29 is 28.2 Å². The topological polar surface area (TPSA) is 127 Å². The average Bonchev–Trinajstić information content (AvgIpc) is 3.32. The van der Waals surface area contributed by atoms with E-state index >= 15 is 0 Å². The van der Waals surface area contributed by atoms with Crippen molar-refractivity contribution in [2.24, 2.45) is 0 Å². The Morgan fingerprint density at radius 3 is 2.97 bits per heavy atom. The minimum atomic E-state index is -0.536. The number of aldehydes is 1. The molecule has 4 heterocycles. The quantitative estimate of drug-likeness (QED) is 0.299. The Morgan fingerprint density at radius 2 is 2.18 bits per heavy atom. The molecule has 3 aromatic rings. The normalized spacial score (nSPS) is 18.8. The number of methoxy groups -OCH3 is 1. The number of carbonyl (C=O) groups excluding carboxylic acids is 2. The number of hydrogen-bond donors (Lipinski definition) is 4. The highest BCUT2D eigenvalue weighted by Gasteiger charge is 2.33.